The molecule has 6 nitrogen and oxygen atoms in total. The Hall–Kier alpha value is -2.83. The van der Waals surface area contributed by atoms with E-state index in [0.717, 1.165) is 0 Å². The van der Waals surface area contributed by atoms with Crippen LogP contribution in [0.5, 0.6) is 0 Å². The molecule has 1 aromatic carbocycles. The molecule has 0 aliphatic rings. The van der Waals surface area contributed by atoms with Crippen molar-refractivity contribution in [1.29, 1.82) is 0 Å². The molecular weight excluding hydrogens is 247 g/mol. The maximum absolute atomic E-state index is 13.6. The van der Waals surface area contributed by atoms with Crippen molar-refractivity contribution < 1.29 is 4.39 Å². The van der Waals surface area contributed by atoms with Crippen molar-refractivity contribution in [3.63, 3.8) is 0 Å². The lowest BCUT2D eigenvalue weighted by Crippen LogP contribution is -1.98. The average molecular weight is 256 g/mol. The predicted octanol–water partition coefficient (Wildman–Crippen LogP) is 2.14. The van der Waals surface area contributed by atoms with E-state index >= 15 is 0 Å². The molecule has 3 aromatic rings. The molecule has 0 saturated heterocycles. The zero-order valence-electron chi connectivity index (χ0n) is 9.71. The minimum Gasteiger partial charge on any atom is -0.337 e. The third-order valence-electron chi connectivity index (χ3n) is 2.52. The molecule has 19 heavy (non-hydrogen) atoms. The maximum atomic E-state index is 13.6. The Bertz CT molecular complexity index is 682. The van der Waals surface area contributed by atoms with Crippen LogP contribution in [-0.4, -0.2) is 25.6 Å². The highest BCUT2D eigenvalue weighted by atomic mass is 19.1. The summed E-state index contributed by atoms with van der Waals surface area (Å²) in [6, 6.07) is 9.89. The molecular formula is C12H9FN6. The number of anilines is 2. The number of para-hydroxylation sites is 1. The minimum atomic E-state index is -0.354. The fourth-order valence-corrected chi connectivity index (χ4v) is 1.65. The molecule has 0 saturated carbocycles. The van der Waals surface area contributed by atoms with E-state index in [4.69, 9.17) is 0 Å². The Morgan fingerprint density at radius 3 is 2.79 bits per heavy atom. The van der Waals surface area contributed by atoms with Gasteiger partial charge in [-0.05, 0) is 29.5 Å². The summed E-state index contributed by atoms with van der Waals surface area (Å²) in [5.41, 5.74) is 0.977. The van der Waals surface area contributed by atoms with Gasteiger partial charge in [-0.1, -0.05) is 12.1 Å². The van der Waals surface area contributed by atoms with Crippen LogP contribution in [0.15, 0.2) is 42.6 Å². The van der Waals surface area contributed by atoms with E-state index in [-0.39, 0.29) is 5.82 Å². The van der Waals surface area contributed by atoms with Gasteiger partial charge in [0, 0.05) is 6.20 Å². The summed E-state index contributed by atoms with van der Waals surface area (Å²) in [5.74, 6) is 0.508. The lowest BCUT2D eigenvalue weighted by atomic mass is 10.2. The van der Waals surface area contributed by atoms with Gasteiger partial charge in [0.2, 0.25) is 5.82 Å². The summed E-state index contributed by atoms with van der Waals surface area (Å²) >= 11 is 0. The Morgan fingerprint density at radius 2 is 2.00 bits per heavy atom. The lowest BCUT2D eigenvalue weighted by molar-refractivity contribution is 0.632. The van der Waals surface area contributed by atoms with Crippen LogP contribution in [0.3, 0.4) is 0 Å². The molecule has 0 fully saturated rings. The number of benzene rings is 1. The number of aromatic amines is 1. The summed E-state index contributed by atoms with van der Waals surface area (Å²) in [7, 11) is 0. The van der Waals surface area contributed by atoms with Crippen molar-refractivity contribution in [3.05, 3.63) is 48.4 Å². The number of halogens is 1. The molecule has 0 unspecified atom stereocenters. The van der Waals surface area contributed by atoms with Crippen LogP contribution in [-0.2, 0) is 0 Å². The number of H-pyrrole nitrogens is 1. The highest BCUT2D eigenvalue weighted by molar-refractivity contribution is 5.73. The van der Waals surface area contributed by atoms with E-state index in [9.17, 15) is 4.39 Å². The summed E-state index contributed by atoms with van der Waals surface area (Å²) in [6.45, 7) is 0. The fourth-order valence-electron chi connectivity index (χ4n) is 1.65. The Balaban J connectivity index is 2.00. The van der Waals surface area contributed by atoms with Crippen molar-refractivity contribution in [2.24, 2.45) is 0 Å². The summed E-state index contributed by atoms with van der Waals surface area (Å²) < 4.78 is 13.6. The van der Waals surface area contributed by atoms with E-state index in [1.165, 1.54) is 6.07 Å². The predicted molar refractivity (Wildman–Crippen MR) is 67.1 cm³/mol. The quantitative estimate of drug-likeness (QED) is 0.750. The molecule has 7 heteroatoms. The first-order valence-corrected chi connectivity index (χ1v) is 5.55. The first-order valence-electron chi connectivity index (χ1n) is 5.55. The largest absolute Gasteiger partial charge is 0.337 e. The van der Waals surface area contributed by atoms with Crippen LogP contribution in [0, 0.1) is 5.82 Å². The molecule has 0 bridgehead atoms. The summed E-state index contributed by atoms with van der Waals surface area (Å²) in [6.07, 6.45) is 1.60. The van der Waals surface area contributed by atoms with E-state index in [1.54, 1.807) is 36.5 Å². The molecule has 0 atom stereocenters. The van der Waals surface area contributed by atoms with Crippen LogP contribution in [0.2, 0.25) is 0 Å². The molecule has 2 aromatic heterocycles. The fraction of sp³-hybridized carbons (Fsp3) is 0. The van der Waals surface area contributed by atoms with Gasteiger partial charge in [-0.25, -0.2) is 9.37 Å². The van der Waals surface area contributed by atoms with Gasteiger partial charge in [0.1, 0.15) is 11.6 Å². The number of hydrogen-bond acceptors (Lipinski definition) is 5. The van der Waals surface area contributed by atoms with Crippen LogP contribution in [0.1, 0.15) is 0 Å². The molecule has 0 spiro atoms. The SMILES string of the molecule is Fc1ccccc1Nc1ncccc1-c1nn[nH]n1. The van der Waals surface area contributed by atoms with Gasteiger partial charge < -0.3 is 5.32 Å². The van der Waals surface area contributed by atoms with Crippen molar-refractivity contribution in [2.75, 3.05) is 5.32 Å². The van der Waals surface area contributed by atoms with Crippen LogP contribution < -0.4 is 5.32 Å². The van der Waals surface area contributed by atoms with Crippen molar-refractivity contribution >= 4 is 11.5 Å². The van der Waals surface area contributed by atoms with Gasteiger partial charge in [-0.3, -0.25) is 0 Å². The Kier molecular flexibility index (Phi) is 2.85. The molecule has 2 N–H and O–H groups in total. The molecule has 94 valence electrons. The maximum Gasteiger partial charge on any atom is 0.208 e. The van der Waals surface area contributed by atoms with Gasteiger partial charge in [0.25, 0.3) is 0 Å². The van der Waals surface area contributed by atoms with Gasteiger partial charge in [-0.2, -0.15) is 5.21 Å². The van der Waals surface area contributed by atoms with Gasteiger partial charge in [0.15, 0.2) is 0 Å². The number of tetrazole rings is 1. The third kappa shape index (κ3) is 2.25. The summed E-state index contributed by atoms with van der Waals surface area (Å²) in [5, 5.41) is 16.6. The number of nitrogens with one attached hydrogen (secondary N) is 2. The zero-order valence-corrected chi connectivity index (χ0v) is 9.71. The number of hydrogen-bond donors (Lipinski definition) is 2. The highest BCUT2D eigenvalue weighted by Crippen LogP contribution is 2.26. The molecule has 0 radical (unpaired) electrons. The second-order valence-corrected chi connectivity index (χ2v) is 3.74. The van der Waals surface area contributed by atoms with E-state index in [1.807, 2.05) is 0 Å². The average Bonchev–Trinajstić information content (AvgIpc) is 2.96. The van der Waals surface area contributed by atoms with Gasteiger partial charge in [-0.15, -0.1) is 10.2 Å². The van der Waals surface area contributed by atoms with Gasteiger partial charge >= 0.3 is 0 Å². The van der Waals surface area contributed by atoms with Gasteiger partial charge in [0.05, 0.1) is 11.3 Å². The first-order chi connectivity index (χ1) is 9.34. The molecule has 0 amide bonds. The van der Waals surface area contributed by atoms with Crippen molar-refractivity contribution in [1.82, 2.24) is 25.6 Å². The van der Waals surface area contributed by atoms with Crippen LogP contribution in [0.25, 0.3) is 11.4 Å². The third-order valence-corrected chi connectivity index (χ3v) is 2.52. The van der Waals surface area contributed by atoms with E-state index < -0.39 is 0 Å². The highest BCUT2D eigenvalue weighted by Gasteiger charge is 2.11. The normalized spacial score (nSPS) is 10.4. The molecule has 3 rings (SSSR count). The first kappa shape index (κ1) is 11.3. The number of aromatic nitrogens is 5. The van der Waals surface area contributed by atoms with Crippen molar-refractivity contribution in [2.45, 2.75) is 0 Å². The number of pyridine rings is 1. The Labute approximate surface area is 107 Å². The van der Waals surface area contributed by atoms with Crippen LogP contribution in [0.4, 0.5) is 15.9 Å². The van der Waals surface area contributed by atoms with E-state index in [0.29, 0.717) is 22.9 Å². The number of nitrogens with zero attached hydrogens (tertiary/aromatic N) is 4. The lowest BCUT2D eigenvalue weighted by Gasteiger charge is -2.09. The Morgan fingerprint density at radius 1 is 1.11 bits per heavy atom. The van der Waals surface area contributed by atoms with Crippen molar-refractivity contribution in [3.8, 4) is 11.4 Å². The monoisotopic (exact) mass is 256 g/mol. The number of rotatable bonds is 3. The summed E-state index contributed by atoms with van der Waals surface area (Å²) in [4.78, 5) is 4.17. The standard InChI is InChI=1S/C12H9FN6/c13-9-5-1-2-6-10(9)15-11-8(4-3-7-14-11)12-16-18-19-17-12/h1-7H,(H,14,15)(H,16,17,18,19). The molecule has 0 aliphatic carbocycles. The zero-order chi connectivity index (χ0) is 13.1. The smallest absolute Gasteiger partial charge is 0.208 e. The second-order valence-electron chi connectivity index (χ2n) is 3.74. The van der Waals surface area contributed by atoms with E-state index in [2.05, 4.69) is 30.9 Å². The molecule has 2 heterocycles. The molecule has 0 aliphatic heterocycles. The second kappa shape index (κ2) is 4.81. The minimum absolute atomic E-state index is 0.339. The van der Waals surface area contributed by atoms with Crippen LogP contribution >= 0.6 is 0 Å². The topological polar surface area (TPSA) is 79.4 Å².